The molecule has 3 heteroatoms. The van der Waals surface area contributed by atoms with Gasteiger partial charge in [-0.2, -0.15) is 0 Å². The van der Waals surface area contributed by atoms with Crippen LogP contribution in [0.1, 0.15) is 88.2 Å². The molecule has 0 N–H and O–H groups in total. The second-order valence-electron chi connectivity index (χ2n) is 11.4. The molecule has 1 nitrogen and oxygen atoms in total. The number of halogens is 2. The van der Waals surface area contributed by atoms with E-state index in [1.165, 1.54) is 51.4 Å². The molecule has 3 aromatic rings. The Balaban J connectivity index is 1.21. The molecule has 0 bridgehead atoms. The molecule has 37 heavy (non-hydrogen) atoms. The molecule has 0 spiro atoms. The molecule has 0 radical (unpaired) electrons. The van der Waals surface area contributed by atoms with Crippen LogP contribution in [0.5, 0.6) is 5.75 Å². The van der Waals surface area contributed by atoms with E-state index in [0.717, 1.165) is 41.7 Å². The van der Waals surface area contributed by atoms with Gasteiger partial charge >= 0.3 is 0 Å². The summed E-state index contributed by atoms with van der Waals surface area (Å²) in [6, 6.07) is 20.2. The minimum atomic E-state index is -0.463. The Morgan fingerprint density at radius 3 is 2.22 bits per heavy atom. The van der Waals surface area contributed by atoms with Crippen molar-refractivity contribution in [3.8, 4) is 16.9 Å². The number of hydrogen-bond donors (Lipinski definition) is 0. The number of benzene rings is 3. The summed E-state index contributed by atoms with van der Waals surface area (Å²) in [5.41, 5.74) is 2.51. The first-order chi connectivity index (χ1) is 18.1. The van der Waals surface area contributed by atoms with Crippen molar-refractivity contribution in [1.29, 1.82) is 0 Å². The van der Waals surface area contributed by atoms with Gasteiger partial charge in [-0.25, -0.2) is 8.78 Å². The van der Waals surface area contributed by atoms with E-state index in [0.29, 0.717) is 17.9 Å². The van der Waals surface area contributed by atoms with Gasteiger partial charge in [0.2, 0.25) is 0 Å². The number of hydrogen-bond acceptors (Lipinski definition) is 1. The van der Waals surface area contributed by atoms with Gasteiger partial charge in [0, 0.05) is 0 Å². The predicted octanol–water partition coefficient (Wildman–Crippen LogP) is 10.1. The molecule has 2 saturated carbocycles. The van der Waals surface area contributed by atoms with Crippen molar-refractivity contribution in [2.24, 2.45) is 17.8 Å². The second-order valence-corrected chi connectivity index (χ2v) is 11.4. The number of ether oxygens (including phenoxy) is 1. The molecule has 2 aliphatic rings. The maximum absolute atomic E-state index is 15.3. The van der Waals surface area contributed by atoms with Crippen LogP contribution in [0.4, 0.5) is 8.78 Å². The monoisotopic (exact) mass is 502 g/mol. The van der Waals surface area contributed by atoms with Crippen LogP contribution in [0.15, 0.2) is 66.7 Å². The summed E-state index contributed by atoms with van der Waals surface area (Å²) in [7, 11) is 0. The van der Waals surface area contributed by atoms with Gasteiger partial charge in [-0.05, 0) is 96.7 Å². The zero-order valence-corrected chi connectivity index (χ0v) is 22.1. The van der Waals surface area contributed by atoms with Crippen molar-refractivity contribution in [1.82, 2.24) is 0 Å². The maximum atomic E-state index is 15.3. The molecular weight excluding hydrogens is 462 g/mol. The Morgan fingerprint density at radius 1 is 0.784 bits per heavy atom. The van der Waals surface area contributed by atoms with Crippen molar-refractivity contribution in [3.05, 3.63) is 89.5 Å². The summed E-state index contributed by atoms with van der Waals surface area (Å²) < 4.78 is 36.4. The van der Waals surface area contributed by atoms with Gasteiger partial charge in [0.05, 0.1) is 5.56 Å². The van der Waals surface area contributed by atoms with Gasteiger partial charge < -0.3 is 4.74 Å². The van der Waals surface area contributed by atoms with Gasteiger partial charge in [-0.15, -0.1) is 0 Å². The molecular formula is C34H40F2O. The summed E-state index contributed by atoms with van der Waals surface area (Å²) in [5.74, 6) is 2.45. The Morgan fingerprint density at radius 2 is 1.49 bits per heavy atom. The molecule has 4 unspecified atom stereocenters. The van der Waals surface area contributed by atoms with Crippen LogP contribution in [0.3, 0.4) is 0 Å². The van der Waals surface area contributed by atoms with Crippen molar-refractivity contribution in [2.45, 2.75) is 83.7 Å². The third-order valence-electron chi connectivity index (χ3n) is 8.86. The van der Waals surface area contributed by atoms with Crippen LogP contribution in [0.2, 0.25) is 0 Å². The smallest absolute Gasteiger partial charge is 0.134 e. The van der Waals surface area contributed by atoms with E-state index in [4.69, 9.17) is 4.74 Å². The van der Waals surface area contributed by atoms with E-state index in [9.17, 15) is 0 Å². The van der Waals surface area contributed by atoms with E-state index in [1.807, 2.05) is 30.3 Å². The molecule has 0 saturated heterocycles. The average Bonchev–Trinajstić information content (AvgIpc) is 2.92. The van der Waals surface area contributed by atoms with Gasteiger partial charge in [0.25, 0.3) is 0 Å². The van der Waals surface area contributed by atoms with E-state index in [1.54, 1.807) is 36.4 Å². The number of fused-ring (bicyclic) bond motifs is 1. The van der Waals surface area contributed by atoms with Crippen molar-refractivity contribution >= 4 is 0 Å². The van der Waals surface area contributed by atoms with Crippen LogP contribution in [0, 0.1) is 29.4 Å². The fourth-order valence-corrected chi connectivity index (χ4v) is 6.80. The largest absolute Gasteiger partial charge is 0.489 e. The molecule has 4 atom stereocenters. The van der Waals surface area contributed by atoms with Crippen LogP contribution < -0.4 is 4.74 Å². The topological polar surface area (TPSA) is 9.23 Å². The summed E-state index contributed by atoms with van der Waals surface area (Å²) in [5, 5.41) is 0. The molecule has 2 aliphatic carbocycles. The van der Waals surface area contributed by atoms with Crippen molar-refractivity contribution in [2.75, 3.05) is 0 Å². The van der Waals surface area contributed by atoms with E-state index < -0.39 is 11.6 Å². The lowest BCUT2D eigenvalue weighted by Gasteiger charge is -2.42. The molecule has 3 aromatic carbocycles. The van der Waals surface area contributed by atoms with E-state index >= 15 is 8.78 Å². The van der Waals surface area contributed by atoms with Crippen LogP contribution >= 0.6 is 0 Å². The summed E-state index contributed by atoms with van der Waals surface area (Å²) in [4.78, 5) is 0. The highest BCUT2D eigenvalue weighted by Crippen LogP contribution is 2.49. The van der Waals surface area contributed by atoms with E-state index in [2.05, 4.69) is 6.92 Å². The van der Waals surface area contributed by atoms with Crippen LogP contribution in [0.25, 0.3) is 11.1 Å². The molecule has 0 aliphatic heterocycles. The lowest BCUT2D eigenvalue weighted by atomic mass is 9.63. The molecule has 0 amide bonds. The van der Waals surface area contributed by atoms with Gasteiger partial charge in [-0.1, -0.05) is 81.5 Å². The van der Waals surface area contributed by atoms with Crippen molar-refractivity contribution < 1.29 is 13.5 Å². The molecule has 196 valence electrons. The molecule has 0 heterocycles. The van der Waals surface area contributed by atoms with Crippen LogP contribution in [-0.2, 0) is 6.61 Å². The fraction of sp³-hybridized carbons (Fsp3) is 0.471. The summed E-state index contributed by atoms with van der Waals surface area (Å²) in [6.45, 7) is 2.73. The van der Waals surface area contributed by atoms with Gasteiger partial charge in [-0.3, -0.25) is 0 Å². The third kappa shape index (κ3) is 6.43. The molecule has 2 fully saturated rings. The lowest BCUT2D eigenvalue weighted by Crippen LogP contribution is -2.30. The zero-order valence-electron chi connectivity index (χ0n) is 22.1. The Kier molecular flexibility index (Phi) is 8.59. The SMILES string of the molecule is CCCCCC1CCC2CC(c3cc(F)c(-c4ccc(OCc5ccccc5)cc4)c(F)c3)CCC2C1. The highest BCUT2D eigenvalue weighted by molar-refractivity contribution is 5.66. The zero-order chi connectivity index (χ0) is 25.6. The second kappa shape index (κ2) is 12.2. The van der Waals surface area contributed by atoms with E-state index in [-0.39, 0.29) is 11.5 Å². The lowest BCUT2D eigenvalue weighted by molar-refractivity contribution is 0.113. The predicted molar refractivity (Wildman–Crippen MR) is 148 cm³/mol. The maximum Gasteiger partial charge on any atom is 0.134 e. The van der Waals surface area contributed by atoms with Crippen molar-refractivity contribution in [3.63, 3.8) is 0 Å². The number of rotatable bonds is 9. The average molecular weight is 503 g/mol. The highest BCUT2D eigenvalue weighted by Gasteiger charge is 2.36. The normalized spacial score (nSPS) is 23.4. The minimum Gasteiger partial charge on any atom is -0.489 e. The third-order valence-corrected chi connectivity index (χ3v) is 8.86. The Bertz CT molecular complexity index is 1120. The standard InChI is InChI=1S/C34H40F2O/c1-2-3-5-8-24-11-12-28-20-29(14-13-27(28)19-24)30-21-32(35)34(33(36)22-30)26-15-17-31(18-16-26)37-23-25-9-6-4-7-10-25/h4,6-7,9-10,15-18,21-22,24,27-29H,2-3,5,8,11-14,19-20,23H2,1H3. The Hall–Kier alpha value is -2.68. The van der Waals surface area contributed by atoms with Gasteiger partial charge in [0.15, 0.2) is 0 Å². The van der Waals surface area contributed by atoms with Gasteiger partial charge in [0.1, 0.15) is 24.0 Å². The first-order valence-corrected chi connectivity index (χ1v) is 14.4. The first kappa shape index (κ1) is 25.9. The fourth-order valence-electron chi connectivity index (χ4n) is 6.80. The summed E-state index contributed by atoms with van der Waals surface area (Å²) in [6.07, 6.45) is 12.7. The first-order valence-electron chi connectivity index (χ1n) is 14.4. The summed E-state index contributed by atoms with van der Waals surface area (Å²) >= 11 is 0. The molecule has 5 rings (SSSR count). The quantitative estimate of drug-likeness (QED) is 0.265. The number of unbranched alkanes of at least 4 members (excludes halogenated alkanes) is 2. The highest BCUT2D eigenvalue weighted by atomic mass is 19.1. The Labute approximate surface area is 221 Å². The van der Waals surface area contributed by atoms with Crippen LogP contribution in [-0.4, -0.2) is 0 Å². The minimum absolute atomic E-state index is 0.0552. The molecule has 0 aromatic heterocycles.